The van der Waals surface area contributed by atoms with Crippen LogP contribution in [0.3, 0.4) is 0 Å². The van der Waals surface area contributed by atoms with E-state index in [1.807, 2.05) is 33.8 Å². The third-order valence-electron chi connectivity index (χ3n) is 4.61. The van der Waals surface area contributed by atoms with Gasteiger partial charge in [0.2, 0.25) is 0 Å². The molecular formula is C20H27N3O4. The number of benzene rings is 1. The molecule has 2 heterocycles. The smallest absolute Gasteiger partial charge is 0.168 e. The molecule has 0 unspecified atom stereocenters. The van der Waals surface area contributed by atoms with Crippen LogP contribution in [0.4, 0.5) is 0 Å². The first-order valence-corrected chi connectivity index (χ1v) is 9.33. The summed E-state index contributed by atoms with van der Waals surface area (Å²) < 4.78 is 5.55. The van der Waals surface area contributed by atoms with Crippen molar-refractivity contribution in [3.8, 4) is 11.5 Å². The first-order valence-electron chi connectivity index (χ1n) is 9.33. The molecule has 1 aromatic carbocycles. The molecule has 7 nitrogen and oxygen atoms in total. The monoisotopic (exact) mass is 373 g/mol. The Labute approximate surface area is 159 Å². The van der Waals surface area contributed by atoms with Gasteiger partial charge in [-0.3, -0.25) is 0 Å². The lowest BCUT2D eigenvalue weighted by atomic mass is 9.96. The van der Waals surface area contributed by atoms with Crippen LogP contribution in [0.1, 0.15) is 56.2 Å². The summed E-state index contributed by atoms with van der Waals surface area (Å²) in [6.07, 6.45) is 0. The van der Waals surface area contributed by atoms with Crippen molar-refractivity contribution in [1.82, 2.24) is 15.5 Å². The Morgan fingerprint density at radius 2 is 1.96 bits per heavy atom. The van der Waals surface area contributed by atoms with Crippen molar-refractivity contribution in [3.05, 3.63) is 40.8 Å². The van der Waals surface area contributed by atoms with Gasteiger partial charge in [0, 0.05) is 25.2 Å². The Morgan fingerprint density at radius 3 is 2.63 bits per heavy atom. The zero-order valence-corrected chi connectivity index (χ0v) is 16.2. The molecule has 0 saturated heterocycles. The SMILES string of the molecule is CCNCc1cc(C2=C(c3cc(C(C)C)c(O)cc3O)ON(CC)C2)on1. The maximum absolute atomic E-state index is 10.5. The highest BCUT2D eigenvalue weighted by Crippen LogP contribution is 2.41. The molecule has 7 heteroatoms. The molecule has 0 atom stereocenters. The van der Waals surface area contributed by atoms with Crippen molar-refractivity contribution < 1.29 is 19.6 Å². The molecule has 0 aliphatic carbocycles. The molecule has 0 radical (unpaired) electrons. The van der Waals surface area contributed by atoms with Crippen LogP contribution in [0.2, 0.25) is 0 Å². The van der Waals surface area contributed by atoms with Crippen LogP contribution in [-0.2, 0) is 11.4 Å². The molecule has 1 aliphatic heterocycles. The van der Waals surface area contributed by atoms with Gasteiger partial charge in [-0.1, -0.05) is 25.9 Å². The summed E-state index contributed by atoms with van der Waals surface area (Å²) in [5.41, 5.74) is 2.92. The van der Waals surface area contributed by atoms with Crippen LogP contribution in [0.5, 0.6) is 11.5 Å². The number of hydroxylamine groups is 2. The molecular weight excluding hydrogens is 346 g/mol. The number of nitrogens with zero attached hydrogens (tertiary/aromatic N) is 2. The second-order valence-corrected chi connectivity index (χ2v) is 6.90. The fraction of sp³-hybridized carbons (Fsp3) is 0.450. The van der Waals surface area contributed by atoms with Crippen LogP contribution in [0.25, 0.3) is 11.3 Å². The average molecular weight is 373 g/mol. The molecule has 3 rings (SSSR count). The summed E-state index contributed by atoms with van der Waals surface area (Å²) in [5.74, 6) is 1.30. The lowest BCUT2D eigenvalue weighted by molar-refractivity contribution is -0.0557. The predicted octanol–water partition coefficient (Wildman–Crippen LogP) is 3.45. The average Bonchev–Trinajstić information content (AvgIpc) is 3.26. The summed E-state index contributed by atoms with van der Waals surface area (Å²) in [7, 11) is 0. The standard InChI is InChI=1S/C20H27N3O4/c1-5-21-10-13-7-19(26-22-13)16-11-23(6-2)27-20(16)15-8-14(12(3)4)17(24)9-18(15)25/h7-9,12,21,24-25H,5-6,10-11H2,1-4H3. The molecule has 0 spiro atoms. The van der Waals surface area contributed by atoms with Crippen LogP contribution in [-0.4, -0.2) is 40.1 Å². The van der Waals surface area contributed by atoms with E-state index in [0.717, 1.165) is 23.4 Å². The Kier molecular flexibility index (Phi) is 5.72. The highest BCUT2D eigenvalue weighted by molar-refractivity contribution is 5.90. The maximum Gasteiger partial charge on any atom is 0.168 e. The van der Waals surface area contributed by atoms with Crippen molar-refractivity contribution in [2.45, 2.75) is 40.2 Å². The van der Waals surface area contributed by atoms with Crippen molar-refractivity contribution in [1.29, 1.82) is 0 Å². The summed E-state index contributed by atoms with van der Waals surface area (Å²) in [6.45, 7) is 10.7. The lowest BCUT2D eigenvalue weighted by Crippen LogP contribution is -2.18. The second kappa shape index (κ2) is 8.02. The zero-order chi connectivity index (χ0) is 19.6. The number of rotatable bonds is 7. The van der Waals surface area contributed by atoms with Gasteiger partial charge in [-0.2, -0.15) is 0 Å². The van der Waals surface area contributed by atoms with Gasteiger partial charge < -0.3 is 24.9 Å². The molecule has 0 saturated carbocycles. The topological polar surface area (TPSA) is 91.0 Å². The van der Waals surface area contributed by atoms with Crippen LogP contribution in [0, 0.1) is 0 Å². The van der Waals surface area contributed by atoms with Crippen molar-refractivity contribution in [2.24, 2.45) is 0 Å². The fourth-order valence-corrected chi connectivity index (χ4v) is 3.07. The number of phenols is 2. The Bertz CT molecular complexity index is 842. The minimum Gasteiger partial charge on any atom is -0.508 e. The summed E-state index contributed by atoms with van der Waals surface area (Å²) >= 11 is 0. The third-order valence-corrected chi connectivity index (χ3v) is 4.61. The molecule has 1 aromatic heterocycles. The van der Waals surface area contributed by atoms with E-state index in [1.165, 1.54) is 6.07 Å². The molecule has 3 N–H and O–H groups in total. The molecule has 27 heavy (non-hydrogen) atoms. The predicted molar refractivity (Wildman–Crippen MR) is 103 cm³/mol. The molecule has 146 valence electrons. The Hall–Kier alpha value is -2.51. The first-order chi connectivity index (χ1) is 12.9. The van der Waals surface area contributed by atoms with E-state index in [0.29, 0.717) is 36.7 Å². The van der Waals surface area contributed by atoms with Crippen LogP contribution < -0.4 is 5.32 Å². The van der Waals surface area contributed by atoms with Gasteiger partial charge in [0.1, 0.15) is 11.5 Å². The zero-order valence-electron chi connectivity index (χ0n) is 16.2. The largest absolute Gasteiger partial charge is 0.508 e. The number of aromatic nitrogens is 1. The number of nitrogens with one attached hydrogen (secondary N) is 1. The van der Waals surface area contributed by atoms with Crippen LogP contribution in [0.15, 0.2) is 22.7 Å². The summed E-state index contributed by atoms with van der Waals surface area (Å²) in [6, 6.07) is 5.03. The minimum absolute atomic E-state index is 0.0326. The van der Waals surface area contributed by atoms with Gasteiger partial charge in [0.25, 0.3) is 0 Å². The number of aromatic hydroxyl groups is 2. The van der Waals surface area contributed by atoms with E-state index in [1.54, 1.807) is 11.1 Å². The van der Waals surface area contributed by atoms with Gasteiger partial charge >= 0.3 is 0 Å². The quantitative estimate of drug-likeness (QED) is 0.685. The van der Waals surface area contributed by atoms with Gasteiger partial charge in [-0.25, -0.2) is 0 Å². The van der Waals surface area contributed by atoms with Crippen molar-refractivity contribution in [3.63, 3.8) is 0 Å². The fourth-order valence-electron chi connectivity index (χ4n) is 3.07. The molecule has 0 amide bonds. The first kappa shape index (κ1) is 19.3. The van der Waals surface area contributed by atoms with Crippen LogP contribution >= 0.6 is 0 Å². The van der Waals surface area contributed by atoms with Gasteiger partial charge in [0.05, 0.1) is 23.4 Å². The van der Waals surface area contributed by atoms with Gasteiger partial charge in [0.15, 0.2) is 11.5 Å². The van der Waals surface area contributed by atoms with E-state index in [4.69, 9.17) is 9.36 Å². The second-order valence-electron chi connectivity index (χ2n) is 6.90. The number of phenolic OH excluding ortho intramolecular Hbond substituents is 2. The number of hydrogen-bond donors (Lipinski definition) is 3. The van der Waals surface area contributed by atoms with Gasteiger partial charge in [-0.15, -0.1) is 5.06 Å². The number of likely N-dealkylation sites (N-methyl/N-ethyl adjacent to an activating group) is 1. The van der Waals surface area contributed by atoms with Crippen molar-refractivity contribution >= 4 is 11.3 Å². The van der Waals surface area contributed by atoms with E-state index < -0.39 is 0 Å². The number of hydrogen-bond acceptors (Lipinski definition) is 7. The van der Waals surface area contributed by atoms with E-state index in [9.17, 15) is 10.2 Å². The normalized spacial score (nSPS) is 15.0. The molecule has 2 aromatic rings. The molecule has 1 aliphatic rings. The Balaban J connectivity index is 2.05. The summed E-state index contributed by atoms with van der Waals surface area (Å²) in [5, 5.41) is 29.7. The molecule has 0 fully saturated rings. The Morgan fingerprint density at radius 1 is 1.19 bits per heavy atom. The molecule has 0 bridgehead atoms. The van der Waals surface area contributed by atoms with Crippen molar-refractivity contribution in [2.75, 3.05) is 19.6 Å². The maximum atomic E-state index is 10.5. The van der Waals surface area contributed by atoms with E-state index >= 15 is 0 Å². The lowest BCUT2D eigenvalue weighted by Gasteiger charge is -2.16. The minimum atomic E-state index is -0.0326. The highest BCUT2D eigenvalue weighted by Gasteiger charge is 2.30. The van der Waals surface area contributed by atoms with E-state index in [-0.39, 0.29) is 17.4 Å². The highest BCUT2D eigenvalue weighted by atomic mass is 16.7. The third kappa shape index (κ3) is 3.94. The summed E-state index contributed by atoms with van der Waals surface area (Å²) in [4.78, 5) is 5.98. The van der Waals surface area contributed by atoms with Gasteiger partial charge in [-0.05, 0) is 31.0 Å². The van der Waals surface area contributed by atoms with E-state index in [2.05, 4.69) is 10.5 Å².